The molecule has 1 unspecified atom stereocenters. The Bertz CT molecular complexity index is 843. The van der Waals surface area contributed by atoms with Gasteiger partial charge in [-0.1, -0.05) is 13.8 Å². The van der Waals surface area contributed by atoms with E-state index in [9.17, 15) is 4.79 Å². The van der Waals surface area contributed by atoms with E-state index in [-0.39, 0.29) is 5.63 Å². The van der Waals surface area contributed by atoms with Gasteiger partial charge in [0.2, 0.25) is 0 Å². The third kappa shape index (κ3) is 3.39. The molecule has 0 spiro atoms. The minimum Gasteiger partial charge on any atom is -0.423 e. The predicted molar refractivity (Wildman–Crippen MR) is 102 cm³/mol. The van der Waals surface area contributed by atoms with Gasteiger partial charge in [-0.3, -0.25) is 4.90 Å². The molecule has 3 heteroatoms. The highest BCUT2D eigenvalue weighted by atomic mass is 16.4. The summed E-state index contributed by atoms with van der Waals surface area (Å²) in [5.74, 6) is 1.31. The molecule has 0 bridgehead atoms. The molecule has 0 N–H and O–H groups in total. The summed E-state index contributed by atoms with van der Waals surface area (Å²) in [6, 6.07) is 7.33. The number of rotatable bonds is 6. The fraction of sp³-hybridized carbons (Fsp3) is 0.591. The van der Waals surface area contributed by atoms with E-state index >= 15 is 0 Å². The lowest BCUT2D eigenvalue weighted by Gasteiger charge is -2.29. The van der Waals surface area contributed by atoms with Crippen LogP contribution in [-0.4, -0.2) is 17.0 Å². The minimum absolute atomic E-state index is 0.228. The lowest BCUT2D eigenvalue weighted by molar-refractivity contribution is 0.171. The minimum atomic E-state index is -0.228. The molecule has 2 aromatic rings. The molecule has 3 nitrogen and oxygen atoms in total. The Kier molecular flexibility index (Phi) is 4.23. The molecule has 2 fully saturated rings. The highest BCUT2D eigenvalue weighted by molar-refractivity contribution is 5.82. The lowest BCUT2D eigenvalue weighted by Crippen LogP contribution is -2.36. The zero-order chi connectivity index (χ0) is 17.7. The topological polar surface area (TPSA) is 33.5 Å². The highest BCUT2D eigenvalue weighted by Crippen LogP contribution is 2.41. The summed E-state index contributed by atoms with van der Waals surface area (Å²) >= 11 is 0. The third-order valence-electron chi connectivity index (χ3n) is 6.03. The van der Waals surface area contributed by atoms with Gasteiger partial charge < -0.3 is 4.42 Å². The normalized spacial score (nSPS) is 19.1. The second-order valence-corrected chi connectivity index (χ2v) is 8.43. The van der Waals surface area contributed by atoms with Crippen LogP contribution in [0.25, 0.3) is 11.0 Å². The zero-order valence-electron chi connectivity index (χ0n) is 15.8. The molecule has 134 valence electrons. The van der Waals surface area contributed by atoms with Crippen LogP contribution in [0.15, 0.2) is 27.4 Å². The Hall–Kier alpha value is -1.61. The first-order valence-corrected chi connectivity index (χ1v) is 9.77. The maximum absolute atomic E-state index is 12.1. The first kappa shape index (κ1) is 16.8. The van der Waals surface area contributed by atoms with Crippen LogP contribution in [0.3, 0.4) is 0 Å². The Morgan fingerprint density at radius 1 is 1.12 bits per heavy atom. The van der Waals surface area contributed by atoms with Crippen LogP contribution in [0.5, 0.6) is 0 Å². The van der Waals surface area contributed by atoms with Gasteiger partial charge in [0.15, 0.2) is 0 Å². The van der Waals surface area contributed by atoms with Crippen molar-refractivity contribution in [2.24, 2.45) is 5.92 Å². The Morgan fingerprint density at radius 3 is 2.44 bits per heavy atom. The van der Waals surface area contributed by atoms with Crippen LogP contribution < -0.4 is 5.63 Å². The van der Waals surface area contributed by atoms with Crippen LogP contribution in [-0.2, 0) is 6.54 Å². The van der Waals surface area contributed by atoms with Gasteiger partial charge in [0.1, 0.15) is 5.58 Å². The second-order valence-electron chi connectivity index (χ2n) is 8.43. The SMILES string of the molecule is Cc1cc2oc(=O)cc(CN(C3CC3)C(C)C3CC3)c2cc1C(C)C. The molecule has 2 saturated carbocycles. The molecule has 1 atom stereocenters. The van der Waals surface area contributed by atoms with E-state index in [4.69, 9.17) is 4.42 Å². The van der Waals surface area contributed by atoms with Gasteiger partial charge in [-0.25, -0.2) is 4.79 Å². The fourth-order valence-electron chi connectivity index (χ4n) is 4.20. The van der Waals surface area contributed by atoms with E-state index in [0.29, 0.717) is 18.0 Å². The molecule has 2 aliphatic carbocycles. The molecule has 0 aliphatic heterocycles. The zero-order valence-corrected chi connectivity index (χ0v) is 15.8. The van der Waals surface area contributed by atoms with Gasteiger partial charge in [-0.2, -0.15) is 0 Å². The van der Waals surface area contributed by atoms with Crippen LogP contribution >= 0.6 is 0 Å². The molecule has 0 saturated heterocycles. The Labute approximate surface area is 150 Å². The Morgan fingerprint density at radius 2 is 1.84 bits per heavy atom. The van der Waals surface area contributed by atoms with Crippen LogP contribution in [0.1, 0.15) is 69.1 Å². The molecule has 4 rings (SSSR count). The van der Waals surface area contributed by atoms with Crippen molar-refractivity contribution in [3.05, 3.63) is 45.3 Å². The van der Waals surface area contributed by atoms with E-state index in [2.05, 4.69) is 38.7 Å². The molecule has 1 heterocycles. The summed E-state index contributed by atoms with van der Waals surface area (Å²) in [6.45, 7) is 9.78. The summed E-state index contributed by atoms with van der Waals surface area (Å²) in [7, 11) is 0. The van der Waals surface area contributed by atoms with Crippen LogP contribution in [0, 0.1) is 12.8 Å². The quantitative estimate of drug-likeness (QED) is 0.695. The Balaban J connectivity index is 1.76. The van der Waals surface area contributed by atoms with Crippen LogP contribution in [0.4, 0.5) is 0 Å². The van der Waals surface area contributed by atoms with Gasteiger partial charge in [0.05, 0.1) is 0 Å². The van der Waals surface area contributed by atoms with Crippen molar-refractivity contribution in [3.8, 4) is 0 Å². The first-order chi connectivity index (χ1) is 11.9. The van der Waals surface area contributed by atoms with Gasteiger partial charge in [-0.05, 0) is 80.2 Å². The third-order valence-corrected chi connectivity index (χ3v) is 6.03. The summed E-state index contributed by atoms with van der Waals surface area (Å²) < 4.78 is 5.52. The predicted octanol–water partition coefficient (Wildman–Crippen LogP) is 4.99. The van der Waals surface area contributed by atoms with Crippen molar-refractivity contribution in [2.75, 3.05) is 0 Å². The number of aryl methyl sites for hydroxylation is 1. The standard InChI is InChI=1S/C22H29NO2/c1-13(2)19-11-20-17(10-22(24)25-21(20)9-14(19)3)12-23(18-7-8-18)15(4)16-5-6-16/h9-11,13,15-16,18H,5-8,12H2,1-4H3. The second kappa shape index (κ2) is 6.28. The number of benzene rings is 1. The monoisotopic (exact) mass is 339 g/mol. The van der Waals surface area contributed by atoms with Crippen molar-refractivity contribution >= 4 is 11.0 Å². The van der Waals surface area contributed by atoms with E-state index in [1.165, 1.54) is 36.8 Å². The van der Waals surface area contributed by atoms with Crippen LogP contribution in [0.2, 0.25) is 0 Å². The van der Waals surface area contributed by atoms with Crippen molar-refractivity contribution in [1.29, 1.82) is 0 Å². The average molecular weight is 339 g/mol. The van der Waals surface area contributed by atoms with Gasteiger partial charge in [-0.15, -0.1) is 0 Å². The van der Waals surface area contributed by atoms with E-state index in [0.717, 1.165) is 29.0 Å². The maximum Gasteiger partial charge on any atom is 0.336 e. The summed E-state index contributed by atoms with van der Waals surface area (Å²) in [6.07, 6.45) is 5.32. The first-order valence-electron chi connectivity index (χ1n) is 9.77. The van der Waals surface area contributed by atoms with Gasteiger partial charge in [0, 0.05) is 30.1 Å². The van der Waals surface area contributed by atoms with E-state index < -0.39 is 0 Å². The fourth-order valence-corrected chi connectivity index (χ4v) is 4.20. The smallest absolute Gasteiger partial charge is 0.336 e. The molecular formula is C22H29NO2. The lowest BCUT2D eigenvalue weighted by atomic mass is 9.94. The average Bonchev–Trinajstić information content (AvgIpc) is 3.44. The highest BCUT2D eigenvalue weighted by Gasteiger charge is 2.39. The van der Waals surface area contributed by atoms with Crippen molar-refractivity contribution < 1.29 is 4.42 Å². The molecular weight excluding hydrogens is 310 g/mol. The molecule has 25 heavy (non-hydrogen) atoms. The summed E-state index contributed by atoms with van der Waals surface area (Å²) in [4.78, 5) is 14.8. The van der Waals surface area contributed by atoms with E-state index in [1.54, 1.807) is 6.07 Å². The number of hydrogen-bond acceptors (Lipinski definition) is 3. The molecule has 2 aliphatic rings. The van der Waals surface area contributed by atoms with Crippen molar-refractivity contribution in [2.45, 2.75) is 77.9 Å². The largest absolute Gasteiger partial charge is 0.423 e. The van der Waals surface area contributed by atoms with Gasteiger partial charge in [0.25, 0.3) is 0 Å². The molecule has 1 aromatic heterocycles. The van der Waals surface area contributed by atoms with Crippen molar-refractivity contribution in [3.63, 3.8) is 0 Å². The molecule has 1 aromatic carbocycles. The molecule has 0 radical (unpaired) electrons. The summed E-state index contributed by atoms with van der Waals surface area (Å²) in [5.41, 5.74) is 4.19. The summed E-state index contributed by atoms with van der Waals surface area (Å²) in [5, 5.41) is 1.11. The van der Waals surface area contributed by atoms with Gasteiger partial charge >= 0.3 is 5.63 Å². The van der Waals surface area contributed by atoms with E-state index in [1.807, 2.05) is 6.07 Å². The molecule has 0 amide bonds. The van der Waals surface area contributed by atoms with Crippen molar-refractivity contribution in [1.82, 2.24) is 4.90 Å². The number of hydrogen-bond donors (Lipinski definition) is 0. The maximum atomic E-state index is 12.1. The number of fused-ring (bicyclic) bond motifs is 1. The number of nitrogens with zero attached hydrogens (tertiary/aromatic N) is 1.